The predicted molar refractivity (Wildman–Crippen MR) is 80.7 cm³/mol. The highest BCUT2D eigenvalue weighted by molar-refractivity contribution is 5.82. The molecule has 0 aliphatic carbocycles. The van der Waals surface area contributed by atoms with Crippen LogP contribution in [-0.2, 0) is 19.7 Å². The molecule has 0 amide bonds. The van der Waals surface area contributed by atoms with E-state index in [0.717, 1.165) is 19.6 Å². The number of esters is 1. The SMILES string of the molecule is C1CO1.CCOC(=O)C=CC(C)(CC)c1ccccc1. The molecule has 0 N–H and O–H groups in total. The number of carbonyl (C=O) groups is 1. The molecule has 110 valence electrons. The second-order valence-corrected chi connectivity index (χ2v) is 4.83. The quantitative estimate of drug-likeness (QED) is 0.469. The summed E-state index contributed by atoms with van der Waals surface area (Å²) in [6.45, 7) is 8.46. The molecule has 1 atom stereocenters. The molecule has 3 heteroatoms. The molecule has 1 fully saturated rings. The molecule has 1 aromatic rings. The number of epoxide rings is 1. The summed E-state index contributed by atoms with van der Waals surface area (Å²) in [6, 6.07) is 10.2. The number of ether oxygens (including phenoxy) is 2. The first kappa shape index (κ1) is 16.4. The van der Waals surface area contributed by atoms with E-state index in [9.17, 15) is 4.79 Å². The van der Waals surface area contributed by atoms with Crippen LogP contribution in [0.4, 0.5) is 0 Å². The second kappa shape index (κ2) is 8.54. The number of carbonyl (C=O) groups excluding carboxylic acids is 1. The summed E-state index contributed by atoms with van der Waals surface area (Å²) in [5.74, 6) is -0.275. The van der Waals surface area contributed by atoms with Crippen molar-refractivity contribution in [2.75, 3.05) is 19.8 Å². The van der Waals surface area contributed by atoms with Crippen molar-refractivity contribution in [3.05, 3.63) is 48.0 Å². The molecule has 0 bridgehead atoms. The van der Waals surface area contributed by atoms with Gasteiger partial charge in [0.25, 0.3) is 0 Å². The van der Waals surface area contributed by atoms with E-state index in [0.29, 0.717) is 6.61 Å². The largest absolute Gasteiger partial charge is 0.463 e. The average molecular weight is 276 g/mol. The summed E-state index contributed by atoms with van der Waals surface area (Å²) in [7, 11) is 0. The lowest BCUT2D eigenvalue weighted by molar-refractivity contribution is -0.137. The molecule has 1 aliphatic rings. The van der Waals surface area contributed by atoms with Crippen LogP contribution >= 0.6 is 0 Å². The maximum Gasteiger partial charge on any atom is 0.330 e. The Labute approximate surface area is 121 Å². The number of benzene rings is 1. The monoisotopic (exact) mass is 276 g/mol. The Hall–Kier alpha value is -1.61. The van der Waals surface area contributed by atoms with Crippen molar-refractivity contribution < 1.29 is 14.3 Å². The molecule has 0 saturated carbocycles. The molecule has 0 radical (unpaired) electrons. The van der Waals surface area contributed by atoms with Crippen LogP contribution in [0, 0.1) is 0 Å². The summed E-state index contributed by atoms with van der Waals surface area (Å²) in [5.41, 5.74) is 1.09. The number of hydrogen-bond donors (Lipinski definition) is 0. The lowest BCUT2D eigenvalue weighted by Crippen LogP contribution is -2.18. The molecule has 0 spiro atoms. The van der Waals surface area contributed by atoms with Crippen LogP contribution in [0.3, 0.4) is 0 Å². The van der Waals surface area contributed by atoms with Gasteiger partial charge in [0.05, 0.1) is 19.8 Å². The second-order valence-electron chi connectivity index (χ2n) is 4.83. The minimum atomic E-state index is -0.275. The van der Waals surface area contributed by atoms with E-state index in [1.54, 1.807) is 0 Å². The van der Waals surface area contributed by atoms with Crippen molar-refractivity contribution in [2.24, 2.45) is 0 Å². The van der Waals surface area contributed by atoms with E-state index in [2.05, 4.69) is 30.7 Å². The molecule has 1 aliphatic heterocycles. The maximum absolute atomic E-state index is 11.3. The van der Waals surface area contributed by atoms with E-state index in [1.807, 2.05) is 31.2 Å². The number of allylic oxidation sites excluding steroid dienone is 1. The lowest BCUT2D eigenvalue weighted by atomic mass is 9.80. The van der Waals surface area contributed by atoms with Gasteiger partial charge in [-0.2, -0.15) is 0 Å². The first-order chi connectivity index (χ1) is 9.62. The van der Waals surface area contributed by atoms with Gasteiger partial charge in [0.15, 0.2) is 0 Å². The molecule has 1 heterocycles. The van der Waals surface area contributed by atoms with Crippen molar-refractivity contribution in [1.82, 2.24) is 0 Å². The number of hydrogen-bond acceptors (Lipinski definition) is 3. The Morgan fingerprint density at radius 1 is 1.30 bits per heavy atom. The van der Waals surface area contributed by atoms with Gasteiger partial charge in [0.2, 0.25) is 0 Å². The topological polar surface area (TPSA) is 38.8 Å². The first-order valence-electron chi connectivity index (χ1n) is 7.11. The Kier molecular flexibility index (Phi) is 7.02. The zero-order valence-corrected chi connectivity index (χ0v) is 12.6. The van der Waals surface area contributed by atoms with Gasteiger partial charge in [-0.25, -0.2) is 4.79 Å². The maximum atomic E-state index is 11.3. The zero-order chi connectivity index (χ0) is 14.8. The summed E-state index contributed by atoms with van der Waals surface area (Å²) < 4.78 is 9.39. The Bertz CT molecular complexity index is 420. The summed E-state index contributed by atoms with van der Waals surface area (Å²) >= 11 is 0. The van der Waals surface area contributed by atoms with Crippen LogP contribution in [0.2, 0.25) is 0 Å². The third-order valence-corrected chi connectivity index (χ3v) is 3.25. The van der Waals surface area contributed by atoms with Gasteiger partial charge in [0.1, 0.15) is 0 Å². The summed E-state index contributed by atoms with van der Waals surface area (Å²) in [4.78, 5) is 11.3. The molecule has 3 nitrogen and oxygen atoms in total. The van der Waals surface area contributed by atoms with Gasteiger partial charge < -0.3 is 9.47 Å². The van der Waals surface area contributed by atoms with Gasteiger partial charge in [-0.05, 0) is 18.9 Å². The van der Waals surface area contributed by atoms with Crippen LogP contribution in [-0.4, -0.2) is 25.8 Å². The molecule has 20 heavy (non-hydrogen) atoms. The Morgan fingerprint density at radius 3 is 2.35 bits per heavy atom. The Balaban J connectivity index is 0.000000584. The summed E-state index contributed by atoms with van der Waals surface area (Å²) in [5, 5.41) is 0. The molecule has 1 saturated heterocycles. The average Bonchev–Trinajstić information content (AvgIpc) is 3.34. The van der Waals surface area contributed by atoms with Crippen molar-refractivity contribution in [3.8, 4) is 0 Å². The summed E-state index contributed by atoms with van der Waals surface area (Å²) in [6.07, 6.45) is 4.40. The fourth-order valence-corrected chi connectivity index (χ4v) is 1.68. The van der Waals surface area contributed by atoms with E-state index < -0.39 is 0 Å². The third kappa shape index (κ3) is 6.02. The van der Waals surface area contributed by atoms with Crippen molar-refractivity contribution in [1.29, 1.82) is 0 Å². The molecular formula is C17H24O3. The Morgan fingerprint density at radius 2 is 1.90 bits per heavy atom. The van der Waals surface area contributed by atoms with Crippen molar-refractivity contribution >= 4 is 5.97 Å². The fourth-order valence-electron chi connectivity index (χ4n) is 1.68. The molecular weight excluding hydrogens is 252 g/mol. The van der Waals surface area contributed by atoms with Gasteiger partial charge in [-0.3, -0.25) is 0 Å². The zero-order valence-electron chi connectivity index (χ0n) is 12.6. The molecule has 2 rings (SSSR count). The smallest absolute Gasteiger partial charge is 0.330 e. The highest BCUT2D eigenvalue weighted by Crippen LogP contribution is 2.28. The van der Waals surface area contributed by atoms with Crippen molar-refractivity contribution in [2.45, 2.75) is 32.6 Å². The van der Waals surface area contributed by atoms with Gasteiger partial charge in [-0.1, -0.05) is 50.3 Å². The lowest BCUT2D eigenvalue weighted by Gasteiger charge is -2.24. The minimum Gasteiger partial charge on any atom is -0.463 e. The minimum absolute atomic E-state index is 0.117. The molecule has 1 unspecified atom stereocenters. The molecule has 0 aromatic heterocycles. The standard InChI is InChI=1S/C15H20O2.C2H4O/c1-4-15(3,12-11-14(16)17-5-2)13-9-7-6-8-10-13;1-2-3-1/h6-12H,4-5H2,1-3H3;1-2H2. The van der Waals surface area contributed by atoms with Crippen LogP contribution in [0.5, 0.6) is 0 Å². The van der Waals surface area contributed by atoms with E-state index in [1.165, 1.54) is 11.6 Å². The van der Waals surface area contributed by atoms with E-state index >= 15 is 0 Å². The normalized spacial score (nSPS) is 15.9. The highest BCUT2D eigenvalue weighted by atomic mass is 16.6. The van der Waals surface area contributed by atoms with Gasteiger partial charge in [-0.15, -0.1) is 0 Å². The molecule has 1 aromatic carbocycles. The van der Waals surface area contributed by atoms with Crippen molar-refractivity contribution in [3.63, 3.8) is 0 Å². The van der Waals surface area contributed by atoms with Crippen LogP contribution in [0.15, 0.2) is 42.5 Å². The van der Waals surface area contributed by atoms with Crippen LogP contribution in [0.25, 0.3) is 0 Å². The first-order valence-corrected chi connectivity index (χ1v) is 7.11. The van der Waals surface area contributed by atoms with E-state index in [4.69, 9.17) is 4.74 Å². The number of rotatable bonds is 5. The van der Waals surface area contributed by atoms with Gasteiger partial charge in [0, 0.05) is 11.5 Å². The third-order valence-electron chi connectivity index (χ3n) is 3.25. The van der Waals surface area contributed by atoms with Crippen LogP contribution < -0.4 is 0 Å². The van der Waals surface area contributed by atoms with Crippen LogP contribution in [0.1, 0.15) is 32.8 Å². The fraction of sp³-hybridized carbons (Fsp3) is 0.471. The van der Waals surface area contributed by atoms with E-state index in [-0.39, 0.29) is 11.4 Å². The van der Waals surface area contributed by atoms with Gasteiger partial charge >= 0.3 is 5.97 Å². The predicted octanol–water partition coefficient (Wildman–Crippen LogP) is 3.49. The highest BCUT2D eigenvalue weighted by Gasteiger charge is 2.21.